The predicted octanol–water partition coefficient (Wildman–Crippen LogP) is 3.50. The molecule has 0 bridgehead atoms. The lowest BCUT2D eigenvalue weighted by molar-refractivity contribution is 0.0978. The van der Waals surface area contributed by atoms with Crippen molar-refractivity contribution in [1.82, 2.24) is 0 Å². The Balaban J connectivity index is 2.21. The molecule has 90 valence electrons. The van der Waals surface area contributed by atoms with E-state index in [1.165, 1.54) is 17.5 Å². The van der Waals surface area contributed by atoms with Crippen LogP contribution in [0.4, 0.5) is 0 Å². The highest BCUT2D eigenvalue weighted by atomic mass is 16.5. The quantitative estimate of drug-likeness (QED) is 0.657. The molecule has 1 aromatic carbocycles. The highest BCUT2D eigenvalue weighted by molar-refractivity contribution is 5.35. The van der Waals surface area contributed by atoms with Gasteiger partial charge in [0.15, 0.2) is 0 Å². The van der Waals surface area contributed by atoms with Gasteiger partial charge in [-0.1, -0.05) is 31.0 Å². The van der Waals surface area contributed by atoms with Crippen LogP contribution >= 0.6 is 0 Å². The fraction of sp³-hybridized carbons (Fsp3) is 0.571. The molecular formula is C14H22O2. The Morgan fingerprint density at radius 2 is 1.88 bits per heavy atom. The van der Waals surface area contributed by atoms with Gasteiger partial charge in [-0.3, -0.25) is 0 Å². The maximum atomic E-state index is 5.65. The number of ether oxygens (including phenoxy) is 2. The first kappa shape index (κ1) is 13.0. The lowest BCUT2D eigenvalue weighted by atomic mass is 10.1. The van der Waals surface area contributed by atoms with Crippen LogP contribution in [0, 0.1) is 13.8 Å². The largest absolute Gasteiger partial charge is 0.491 e. The molecular weight excluding hydrogens is 200 g/mol. The second-order valence-corrected chi connectivity index (χ2v) is 4.08. The maximum Gasteiger partial charge on any atom is 0.122 e. The first-order valence-corrected chi connectivity index (χ1v) is 6.02. The molecule has 16 heavy (non-hydrogen) atoms. The number of benzene rings is 1. The zero-order chi connectivity index (χ0) is 11.8. The molecule has 2 heteroatoms. The molecule has 1 aromatic rings. The Labute approximate surface area is 98.6 Å². The Bertz CT molecular complexity index is 308. The van der Waals surface area contributed by atoms with Crippen molar-refractivity contribution in [2.24, 2.45) is 0 Å². The van der Waals surface area contributed by atoms with E-state index in [0.717, 1.165) is 18.8 Å². The lowest BCUT2D eigenvalue weighted by Crippen LogP contribution is -2.08. The van der Waals surface area contributed by atoms with Crippen LogP contribution < -0.4 is 4.74 Å². The number of hydrogen-bond acceptors (Lipinski definition) is 2. The number of rotatable bonds is 7. The highest BCUT2D eigenvalue weighted by Crippen LogP contribution is 2.18. The fourth-order valence-corrected chi connectivity index (χ4v) is 1.52. The molecule has 0 fully saturated rings. The molecule has 0 aliphatic carbocycles. The Morgan fingerprint density at radius 1 is 1.06 bits per heavy atom. The average Bonchev–Trinajstić information content (AvgIpc) is 2.26. The van der Waals surface area contributed by atoms with Gasteiger partial charge in [0.1, 0.15) is 12.4 Å². The molecule has 0 spiro atoms. The predicted molar refractivity (Wildman–Crippen MR) is 67.1 cm³/mol. The van der Waals surface area contributed by atoms with Crippen molar-refractivity contribution in [3.05, 3.63) is 29.3 Å². The highest BCUT2D eigenvalue weighted by Gasteiger charge is 1.98. The van der Waals surface area contributed by atoms with E-state index in [-0.39, 0.29) is 0 Å². The standard InChI is InChI=1S/C14H22O2/c1-4-5-8-15-9-10-16-14-7-6-12(2)11-13(14)3/h6-7,11H,4-5,8-10H2,1-3H3. The van der Waals surface area contributed by atoms with Crippen molar-refractivity contribution in [2.45, 2.75) is 33.6 Å². The van der Waals surface area contributed by atoms with Gasteiger partial charge >= 0.3 is 0 Å². The summed E-state index contributed by atoms with van der Waals surface area (Å²) in [5.74, 6) is 0.963. The van der Waals surface area contributed by atoms with Crippen LogP contribution in [-0.4, -0.2) is 19.8 Å². The summed E-state index contributed by atoms with van der Waals surface area (Å²) >= 11 is 0. The van der Waals surface area contributed by atoms with Gasteiger partial charge in [-0.15, -0.1) is 0 Å². The van der Waals surface area contributed by atoms with E-state index in [2.05, 4.69) is 32.9 Å². The van der Waals surface area contributed by atoms with Gasteiger partial charge in [-0.25, -0.2) is 0 Å². The van der Waals surface area contributed by atoms with Gasteiger partial charge in [0.25, 0.3) is 0 Å². The van der Waals surface area contributed by atoms with Gasteiger partial charge in [-0.2, -0.15) is 0 Å². The van der Waals surface area contributed by atoms with E-state index >= 15 is 0 Å². The molecule has 2 nitrogen and oxygen atoms in total. The summed E-state index contributed by atoms with van der Waals surface area (Å²) in [7, 11) is 0. The molecule has 0 N–H and O–H groups in total. The molecule has 0 aromatic heterocycles. The van der Waals surface area contributed by atoms with Gasteiger partial charge in [0.2, 0.25) is 0 Å². The molecule has 0 saturated carbocycles. The zero-order valence-corrected chi connectivity index (χ0v) is 10.6. The third kappa shape index (κ3) is 4.67. The van der Waals surface area contributed by atoms with Crippen LogP contribution in [0.15, 0.2) is 18.2 Å². The van der Waals surface area contributed by atoms with E-state index in [9.17, 15) is 0 Å². The molecule has 0 aliphatic heterocycles. The fourth-order valence-electron chi connectivity index (χ4n) is 1.52. The Hall–Kier alpha value is -1.02. The van der Waals surface area contributed by atoms with Crippen LogP contribution in [0.25, 0.3) is 0 Å². The minimum atomic E-state index is 0.633. The second-order valence-electron chi connectivity index (χ2n) is 4.08. The summed E-state index contributed by atoms with van der Waals surface area (Å²) in [5.41, 5.74) is 2.46. The minimum absolute atomic E-state index is 0.633. The van der Waals surface area contributed by atoms with E-state index in [1.54, 1.807) is 0 Å². The molecule has 0 unspecified atom stereocenters. The second kappa shape index (κ2) is 7.29. The van der Waals surface area contributed by atoms with Crippen molar-refractivity contribution in [3.63, 3.8) is 0 Å². The van der Waals surface area contributed by atoms with Crippen LogP contribution in [0.2, 0.25) is 0 Å². The van der Waals surface area contributed by atoms with Crippen molar-refractivity contribution in [3.8, 4) is 5.75 Å². The summed E-state index contributed by atoms with van der Waals surface area (Å²) in [6, 6.07) is 6.23. The lowest BCUT2D eigenvalue weighted by Gasteiger charge is -2.09. The molecule has 0 aliphatic rings. The van der Waals surface area contributed by atoms with Gasteiger partial charge < -0.3 is 9.47 Å². The summed E-state index contributed by atoms with van der Waals surface area (Å²) in [4.78, 5) is 0. The minimum Gasteiger partial charge on any atom is -0.491 e. The van der Waals surface area contributed by atoms with Crippen molar-refractivity contribution in [1.29, 1.82) is 0 Å². The van der Waals surface area contributed by atoms with E-state index < -0.39 is 0 Å². The number of aryl methyl sites for hydroxylation is 2. The molecule has 0 atom stereocenters. The molecule has 0 saturated heterocycles. The first-order valence-electron chi connectivity index (χ1n) is 6.02. The summed E-state index contributed by atoms with van der Waals surface area (Å²) in [6.07, 6.45) is 2.31. The third-order valence-corrected chi connectivity index (χ3v) is 2.46. The van der Waals surface area contributed by atoms with Crippen molar-refractivity contribution >= 4 is 0 Å². The average molecular weight is 222 g/mol. The molecule has 0 radical (unpaired) electrons. The van der Waals surface area contributed by atoms with E-state index in [0.29, 0.717) is 13.2 Å². The van der Waals surface area contributed by atoms with Gasteiger partial charge in [0.05, 0.1) is 6.61 Å². The van der Waals surface area contributed by atoms with E-state index in [1.807, 2.05) is 6.07 Å². The number of unbranched alkanes of at least 4 members (excludes halogenated alkanes) is 1. The maximum absolute atomic E-state index is 5.65. The first-order chi connectivity index (χ1) is 7.74. The summed E-state index contributed by atoms with van der Waals surface area (Å²) in [5, 5.41) is 0. The SMILES string of the molecule is CCCCOCCOc1ccc(C)cc1C. The van der Waals surface area contributed by atoms with Gasteiger partial charge in [-0.05, 0) is 31.9 Å². The molecule has 0 heterocycles. The monoisotopic (exact) mass is 222 g/mol. The summed E-state index contributed by atoms with van der Waals surface area (Å²) < 4.78 is 11.1. The van der Waals surface area contributed by atoms with E-state index in [4.69, 9.17) is 9.47 Å². The molecule has 1 rings (SSSR count). The smallest absolute Gasteiger partial charge is 0.122 e. The van der Waals surface area contributed by atoms with Crippen LogP contribution in [-0.2, 0) is 4.74 Å². The Kier molecular flexibility index (Phi) is 5.94. The van der Waals surface area contributed by atoms with Crippen molar-refractivity contribution < 1.29 is 9.47 Å². The topological polar surface area (TPSA) is 18.5 Å². The van der Waals surface area contributed by atoms with Crippen LogP contribution in [0.3, 0.4) is 0 Å². The number of hydrogen-bond donors (Lipinski definition) is 0. The Morgan fingerprint density at radius 3 is 2.56 bits per heavy atom. The molecule has 0 amide bonds. The summed E-state index contributed by atoms with van der Waals surface area (Å²) in [6.45, 7) is 8.47. The van der Waals surface area contributed by atoms with Crippen LogP contribution in [0.5, 0.6) is 5.75 Å². The van der Waals surface area contributed by atoms with Crippen LogP contribution in [0.1, 0.15) is 30.9 Å². The van der Waals surface area contributed by atoms with Crippen molar-refractivity contribution in [2.75, 3.05) is 19.8 Å². The zero-order valence-electron chi connectivity index (χ0n) is 10.6. The van der Waals surface area contributed by atoms with Gasteiger partial charge in [0, 0.05) is 6.61 Å². The normalized spacial score (nSPS) is 10.4. The third-order valence-electron chi connectivity index (χ3n) is 2.46.